The van der Waals surface area contributed by atoms with Crippen molar-refractivity contribution in [2.75, 3.05) is 37.7 Å². The molecule has 1 N–H and O–H groups in total. The van der Waals surface area contributed by atoms with Gasteiger partial charge >= 0.3 is 0 Å². The van der Waals surface area contributed by atoms with Crippen LogP contribution in [0, 0.1) is 5.82 Å². The lowest BCUT2D eigenvalue weighted by Crippen LogP contribution is -2.36. The van der Waals surface area contributed by atoms with Gasteiger partial charge in [-0.25, -0.2) is 4.39 Å². The molecule has 1 aliphatic heterocycles. The van der Waals surface area contributed by atoms with E-state index in [4.69, 9.17) is 4.74 Å². The molecule has 0 radical (unpaired) electrons. The summed E-state index contributed by atoms with van der Waals surface area (Å²) in [4.78, 5) is 18.6. The number of nitrogens with zero attached hydrogens (tertiary/aromatic N) is 2. The molecule has 1 fully saturated rings. The quantitative estimate of drug-likeness (QED) is 0.912. The largest absolute Gasteiger partial charge is 0.378 e. The molecular formula is C18H20FN3O2. The standard InChI is InChI=1S/C18H20FN3O2/c19-15-3-1-14(2-4-15)5-7-21-18(23)17-13-16(6-8-20-17)22-9-11-24-12-10-22/h1-4,6,8,13H,5,7,9-12H2,(H,21,23). The number of hydrogen-bond donors (Lipinski definition) is 1. The van der Waals surface area contributed by atoms with Gasteiger partial charge in [-0.15, -0.1) is 0 Å². The summed E-state index contributed by atoms with van der Waals surface area (Å²) in [6, 6.07) is 9.99. The van der Waals surface area contributed by atoms with E-state index >= 15 is 0 Å². The van der Waals surface area contributed by atoms with E-state index in [-0.39, 0.29) is 11.7 Å². The molecule has 0 saturated carbocycles. The number of carbonyl (C=O) groups excluding carboxylic acids is 1. The van der Waals surface area contributed by atoms with Crippen LogP contribution in [0.1, 0.15) is 16.1 Å². The number of amides is 1. The van der Waals surface area contributed by atoms with Crippen LogP contribution in [-0.2, 0) is 11.2 Å². The van der Waals surface area contributed by atoms with Gasteiger partial charge in [0.1, 0.15) is 11.5 Å². The molecule has 1 aliphatic rings. The summed E-state index contributed by atoms with van der Waals surface area (Å²) in [5.41, 5.74) is 2.36. The van der Waals surface area contributed by atoms with E-state index < -0.39 is 0 Å². The Morgan fingerprint density at radius 2 is 1.96 bits per heavy atom. The highest BCUT2D eigenvalue weighted by molar-refractivity contribution is 5.93. The minimum Gasteiger partial charge on any atom is -0.378 e. The maximum absolute atomic E-state index is 12.9. The van der Waals surface area contributed by atoms with Crippen LogP contribution in [0.25, 0.3) is 0 Å². The van der Waals surface area contributed by atoms with Crippen molar-refractivity contribution in [3.05, 3.63) is 59.7 Å². The van der Waals surface area contributed by atoms with Gasteiger partial charge in [0, 0.05) is 31.5 Å². The molecule has 0 atom stereocenters. The normalized spacial score (nSPS) is 14.5. The highest BCUT2D eigenvalue weighted by Gasteiger charge is 2.14. The number of halogens is 1. The van der Waals surface area contributed by atoms with E-state index in [2.05, 4.69) is 15.2 Å². The van der Waals surface area contributed by atoms with Crippen molar-refractivity contribution in [1.82, 2.24) is 10.3 Å². The Kier molecular flexibility index (Phi) is 5.38. The first-order valence-electron chi connectivity index (χ1n) is 8.04. The monoisotopic (exact) mass is 329 g/mol. The smallest absolute Gasteiger partial charge is 0.269 e. The molecule has 0 aliphatic carbocycles. The van der Waals surface area contributed by atoms with Crippen LogP contribution in [0.4, 0.5) is 10.1 Å². The van der Waals surface area contributed by atoms with E-state index in [1.54, 1.807) is 24.4 Å². The van der Waals surface area contributed by atoms with Gasteiger partial charge in [0.2, 0.25) is 0 Å². The fourth-order valence-electron chi connectivity index (χ4n) is 2.62. The molecule has 1 aromatic heterocycles. The number of benzene rings is 1. The zero-order valence-corrected chi connectivity index (χ0v) is 13.4. The van der Waals surface area contributed by atoms with Crippen LogP contribution in [-0.4, -0.2) is 43.7 Å². The van der Waals surface area contributed by atoms with E-state index in [1.165, 1.54) is 12.1 Å². The highest BCUT2D eigenvalue weighted by atomic mass is 19.1. The molecule has 126 valence electrons. The molecule has 1 amide bonds. The van der Waals surface area contributed by atoms with Crippen LogP contribution < -0.4 is 10.2 Å². The maximum atomic E-state index is 12.9. The average molecular weight is 329 g/mol. The number of rotatable bonds is 5. The first-order valence-corrected chi connectivity index (χ1v) is 8.04. The third-order valence-electron chi connectivity index (χ3n) is 3.96. The van der Waals surface area contributed by atoms with Crippen LogP contribution in [0.2, 0.25) is 0 Å². The van der Waals surface area contributed by atoms with Crippen LogP contribution in [0.15, 0.2) is 42.6 Å². The van der Waals surface area contributed by atoms with Gasteiger partial charge < -0.3 is 15.0 Å². The Bertz CT molecular complexity index is 685. The molecule has 5 nitrogen and oxygen atoms in total. The number of hydrogen-bond acceptors (Lipinski definition) is 4. The number of pyridine rings is 1. The molecule has 2 aromatic rings. The number of anilines is 1. The first kappa shape index (κ1) is 16.4. The van der Waals surface area contributed by atoms with Crippen molar-refractivity contribution in [2.45, 2.75) is 6.42 Å². The Balaban J connectivity index is 1.55. The summed E-state index contributed by atoms with van der Waals surface area (Å²) >= 11 is 0. The number of aromatic nitrogens is 1. The lowest BCUT2D eigenvalue weighted by molar-refractivity contribution is 0.0949. The molecule has 1 saturated heterocycles. The van der Waals surface area contributed by atoms with Crippen LogP contribution in [0.3, 0.4) is 0 Å². The van der Waals surface area contributed by atoms with E-state index in [0.717, 1.165) is 24.3 Å². The minimum atomic E-state index is -0.257. The van der Waals surface area contributed by atoms with Crippen LogP contribution >= 0.6 is 0 Å². The molecular weight excluding hydrogens is 309 g/mol. The van der Waals surface area contributed by atoms with Crippen molar-refractivity contribution in [2.24, 2.45) is 0 Å². The SMILES string of the molecule is O=C(NCCc1ccc(F)cc1)c1cc(N2CCOCC2)ccn1. The maximum Gasteiger partial charge on any atom is 0.269 e. The Morgan fingerprint density at radius 1 is 1.21 bits per heavy atom. The zero-order valence-electron chi connectivity index (χ0n) is 13.4. The Hall–Kier alpha value is -2.47. The highest BCUT2D eigenvalue weighted by Crippen LogP contribution is 2.16. The summed E-state index contributed by atoms with van der Waals surface area (Å²) in [6.45, 7) is 3.50. The first-order chi connectivity index (χ1) is 11.7. The summed E-state index contributed by atoms with van der Waals surface area (Å²) in [6.07, 6.45) is 2.30. The number of carbonyl (C=O) groups is 1. The van der Waals surface area contributed by atoms with Crippen LogP contribution in [0.5, 0.6) is 0 Å². The molecule has 0 spiro atoms. The molecule has 1 aromatic carbocycles. The zero-order chi connectivity index (χ0) is 16.8. The van der Waals surface area contributed by atoms with Gasteiger partial charge in [0.15, 0.2) is 0 Å². The summed E-state index contributed by atoms with van der Waals surface area (Å²) in [7, 11) is 0. The van der Waals surface area contributed by atoms with Crippen molar-refractivity contribution in [1.29, 1.82) is 0 Å². The average Bonchev–Trinajstić information content (AvgIpc) is 2.64. The van der Waals surface area contributed by atoms with Crippen molar-refractivity contribution < 1.29 is 13.9 Å². The van der Waals surface area contributed by atoms with E-state index in [9.17, 15) is 9.18 Å². The Morgan fingerprint density at radius 3 is 2.71 bits per heavy atom. The molecule has 6 heteroatoms. The fourth-order valence-corrected chi connectivity index (χ4v) is 2.62. The molecule has 2 heterocycles. The third kappa shape index (κ3) is 4.29. The van der Waals surface area contributed by atoms with Gasteiger partial charge in [-0.1, -0.05) is 12.1 Å². The molecule has 0 bridgehead atoms. The lowest BCUT2D eigenvalue weighted by atomic mass is 10.1. The second kappa shape index (κ2) is 7.88. The predicted molar refractivity (Wildman–Crippen MR) is 89.7 cm³/mol. The van der Waals surface area contributed by atoms with E-state index in [0.29, 0.717) is 31.9 Å². The summed E-state index contributed by atoms with van der Waals surface area (Å²) in [5, 5.41) is 2.85. The number of ether oxygens (including phenoxy) is 1. The van der Waals surface area contributed by atoms with Gasteiger partial charge in [0.25, 0.3) is 5.91 Å². The predicted octanol–water partition coefficient (Wildman–Crippen LogP) is 2.03. The fraction of sp³-hybridized carbons (Fsp3) is 0.333. The van der Waals surface area contributed by atoms with E-state index in [1.807, 2.05) is 6.07 Å². The molecule has 24 heavy (non-hydrogen) atoms. The molecule has 0 unspecified atom stereocenters. The van der Waals surface area contributed by atoms with Gasteiger partial charge in [0.05, 0.1) is 13.2 Å². The second-order valence-corrected chi connectivity index (χ2v) is 5.63. The van der Waals surface area contributed by atoms with Gasteiger partial charge in [-0.05, 0) is 36.2 Å². The Labute approximate surface area is 140 Å². The summed E-state index contributed by atoms with van der Waals surface area (Å²) < 4.78 is 18.2. The minimum absolute atomic E-state index is 0.202. The van der Waals surface area contributed by atoms with Crippen molar-refractivity contribution in [3.8, 4) is 0 Å². The van der Waals surface area contributed by atoms with Crippen molar-refractivity contribution >= 4 is 11.6 Å². The van der Waals surface area contributed by atoms with Gasteiger partial charge in [-0.2, -0.15) is 0 Å². The van der Waals surface area contributed by atoms with Crippen molar-refractivity contribution in [3.63, 3.8) is 0 Å². The van der Waals surface area contributed by atoms with Gasteiger partial charge in [-0.3, -0.25) is 9.78 Å². The lowest BCUT2D eigenvalue weighted by Gasteiger charge is -2.28. The third-order valence-corrected chi connectivity index (χ3v) is 3.96. The molecule has 3 rings (SSSR count). The summed E-state index contributed by atoms with van der Waals surface area (Å²) in [5.74, 6) is -0.459. The second-order valence-electron chi connectivity index (χ2n) is 5.63. The number of nitrogens with one attached hydrogen (secondary N) is 1. The number of morpholine rings is 1. The topological polar surface area (TPSA) is 54.5 Å².